The van der Waals surface area contributed by atoms with Crippen LogP contribution in [-0.2, 0) is 6.54 Å². The number of nitrogens with zero attached hydrogens (tertiary/aromatic N) is 1. The number of rotatable bonds is 3. The fourth-order valence-corrected chi connectivity index (χ4v) is 3.45. The van der Waals surface area contributed by atoms with Crippen molar-refractivity contribution in [3.05, 3.63) is 54.6 Å². The highest BCUT2D eigenvalue weighted by Crippen LogP contribution is 2.38. The van der Waals surface area contributed by atoms with Crippen molar-refractivity contribution in [3.63, 3.8) is 0 Å². The summed E-state index contributed by atoms with van der Waals surface area (Å²) in [6.07, 6.45) is 2.30. The fourth-order valence-electron chi connectivity index (χ4n) is 3.45. The molecule has 0 radical (unpaired) electrons. The Labute approximate surface area is 129 Å². The third kappa shape index (κ3) is 1.80. The van der Waals surface area contributed by atoms with Gasteiger partial charge in [-0.05, 0) is 17.9 Å². The summed E-state index contributed by atoms with van der Waals surface area (Å²) in [5.41, 5.74) is 2.38. The molecule has 3 aromatic carbocycles. The molecule has 0 saturated carbocycles. The van der Waals surface area contributed by atoms with Crippen molar-refractivity contribution in [2.45, 2.75) is 26.3 Å². The lowest BCUT2D eigenvalue weighted by molar-refractivity contribution is 0.482. The number of hydrogen-bond acceptors (Lipinski definition) is 1. The summed E-state index contributed by atoms with van der Waals surface area (Å²) in [7, 11) is 0. The topological polar surface area (TPSA) is 25.2 Å². The molecule has 0 bridgehead atoms. The maximum atomic E-state index is 10.4. The minimum atomic E-state index is 0.364. The third-order valence-corrected chi connectivity index (χ3v) is 4.49. The molecule has 4 aromatic rings. The first kappa shape index (κ1) is 13.2. The number of aromatic hydroxyl groups is 1. The minimum Gasteiger partial charge on any atom is -0.507 e. The Kier molecular flexibility index (Phi) is 3.04. The van der Waals surface area contributed by atoms with Crippen LogP contribution in [0.1, 0.15) is 19.8 Å². The van der Waals surface area contributed by atoms with E-state index in [2.05, 4.69) is 41.8 Å². The fraction of sp³-hybridized carbons (Fsp3) is 0.200. The predicted molar refractivity (Wildman–Crippen MR) is 93.5 cm³/mol. The lowest BCUT2D eigenvalue weighted by Crippen LogP contribution is -1.96. The molecule has 0 aliphatic rings. The van der Waals surface area contributed by atoms with Crippen LogP contribution in [0.5, 0.6) is 5.75 Å². The van der Waals surface area contributed by atoms with Gasteiger partial charge in [-0.2, -0.15) is 0 Å². The highest BCUT2D eigenvalue weighted by Gasteiger charge is 2.14. The molecule has 1 aromatic heterocycles. The van der Waals surface area contributed by atoms with Gasteiger partial charge in [0.1, 0.15) is 5.75 Å². The average Bonchev–Trinajstić information content (AvgIpc) is 2.87. The van der Waals surface area contributed by atoms with Gasteiger partial charge in [0.05, 0.1) is 5.52 Å². The van der Waals surface area contributed by atoms with E-state index < -0.39 is 0 Å². The van der Waals surface area contributed by atoms with E-state index in [4.69, 9.17) is 0 Å². The van der Waals surface area contributed by atoms with E-state index in [1.165, 1.54) is 16.3 Å². The molecule has 0 fully saturated rings. The van der Waals surface area contributed by atoms with E-state index in [-0.39, 0.29) is 0 Å². The standard InChI is InChI=1S/C20H19NO/c1-2-3-12-21-17-11-7-6-10-16(17)20-15-9-5-4-8-14(15)19(22)13-18(20)21/h4-11,13,22H,2-3,12H2,1H3. The number of benzene rings is 3. The summed E-state index contributed by atoms with van der Waals surface area (Å²) in [6, 6.07) is 18.6. The Morgan fingerprint density at radius 1 is 0.864 bits per heavy atom. The second-order valence-corrected chi connectivity index (χ2v) is 5.86. The quantitative estimate of drug-likeness (QED) is 0.532. The van der Waals surface area contributed by atoms with Crippen molar-refractivity contribution >= 4 is 32.6 Å². The van der Waals surface area contributed by atoms with Gasteiger partial charge in [0, 0.05) is 34.3 Å². The van der Waals surface area contributed by atoms with E-state index >= 15 is 0 Å². The van der Waals surface area contributed by atoms with Crippen molar-refractivity contribution in [1.29, 1.82) is 0 Å². The van der Waals surface area contributed by atoms with E-state index in [0.717, 1.165) is 35.7 Å². The molecule has 0 spiro atoms. The molecule has 110 valence electrons. The normalized spacial score (nSPS) is 11.7. The largest absolute Gasteiger partial charge is 0.507 e. The smallest absolute Gasteiger partial charge is 0.125 e. The molecule has 0 unspecified atom stereocenters. The summed E-state index contributed by atoms with van der Waals surface area (Å²) in [4.78, 5) is 0. The minimum absolute atomic E-state index is 0.364. The van der Waals surface area contributed by atoms with Crippen molar-refractivity contribution in [2.75, 3.05) is 0 Å². The van der Waals surface area contributed by atoms with Crippen LogP contribution in [0.25, 0.3) is 32.6 Å². The Bertz CT molecular complexity index is 981. The molecule has 0 aliphatic heterocycles. The molecule has 0 amide bonds. The summed E-state index contributed by atoms with van der Waals surface area (Å²) >= 11 is 0. The highest BCUT2D eigenvalue weighted by atomic mass is 16.3. The average molecular weight is 289 g/mol. The number of fused-ring (bicyclic) bond motifs is 5. The number of aryl methyl sites for hydroxylation is 1. The van der Waals surface area contributed by atoms with Gasteiger partial charge in [-0.25, -0.2) is 0 Å². The Balaban J connectivity index is 2.21. The lowest BCUT2D eigenvalue weighted by atomic mass is 10.0. The Morgan fingerprint density at radius 2 is 1.55 bits per heavy atom. The van der Waals surface area contributed by atoms with Crippen LogP contribution in [0, 0.1) is 0 Å². The number of hydrogen-bond donors (Lipinski definition) is 1. The first-order chi connectivity index (χ1) is 10.8. The zero-order valence-corrected chi connectivity index (χ0v) is 12.7. The molecule has 2 heteroatoms. The predicted octanol–water partition coefficient (Wildman–Crippen LogP) is 5.45. The molecular weight excluding hydrogens is 270 g/mol. The van der Waals surface area contributed by atoms with Crippen molar-refractivity contribution < 1.29 is 5.11 Å². The number of phenolic OH excluding ortho intramolecular Hbond substituents is 1. The van der Waals surface area contributed by atoms with Crippen LogP contribution in [0.4, 0.5) is 0 Å². The van der Waals surface area contributed by atoms with Gasteiger partial charge in [0.2, 0.25) is 0 Å². The summed E-state index contributed by atoms with van der Waals surface area (Å²) in [5.74, 6) is 0.364. The van der Waals surface area contributed by atoms with Gasteiger partial charge in [-0.1, -0.05) is 55.8 Å². The number of unbranched alkanes of at least 4 members (excludes halogenated alkanes) is 1. The van der Waals surface area contributed by atoms with Crippen LogP contribution in [0.3, 0.4) is 0 Å². The van der Waals surface area contributed by atoms with E-state index in [9.17, 15) is 5.11 Å². The van der Waals surface area contributed by atoms with E-state index in [0.29, 0.717) is 5.75 Å². The van der Waals surface area contributed by atoms with E-state index in [1.54, 1.807) is 0 Å². The molecule has 0 aliphatic carbocycles. The van der Waals surface area contributed by atoms with Gasteiger partial charge in [0.25, 0.3) is 0 Å². The molecule has 0 atom stereocenters. The molecule has 4 rings (SSSR count). The first-order valence-corrected chi connectivity index (χ1v) is 7.93. The van der Waals surface area contributed by atoms with Gasteiger partial charge in [-0.15, -0.1) is 0 Å². The van der Waals surface area contributed by atoms with Crippen LogP contribution >= 0.6 is 0 Å². The highest BCUT2D eigenvalue weighted by molar-refractivity contribution is 6.21. The zero-order valence-electron chi connectivity index (χ0n) is 12.7. The van der Waals surface area contributed by atoms with Crippen LogP contribution < -0.4 is 0 Å². The molecule has 1 heterocycles. The zero-order chi connectivity index (χ0) is 15.1. The van der Waals surface area contributed by atoms with Crippen molar-refractivity contribution in [3.8, 4) is 5.75 Å². The van der Waals surface area contributed by atoms with Gasteiger partial charge < -0.3 is 9.67 Å². The molecule has 2 nitrogen and oxygen atoms in total. The third-order valence-electron chi connectivity index (χ3n) is 4.49. The molecule has 1 N–H and O–H groups in total. The maximum Gasteiger partial charge on any atom is 0.125 e. The summed E-state index contributed by atoms with van der Waals surface area (Å²) in [6.45, 7) is 3.19. The van der Waals surface area contributed by atoms with Crippen LogP contribution in [-0.4, -0.2) is 9.67 Å². The Hall–Kier alpha value is -2.48. The van der Waals surface area contributed by atoms with Crippen LogP contribution in [0.2, 0.25) is 0 Å². The van der Waals surface area contributed by atoms with Gasteiger partial charge in [0.15, 0.2) is 0 Å². The lowest BCUT2D eigenvalue weighted by Gasteiger charge is -2.08. The first-order valence-electron chi connectivity index (χ1n) is 7.93. The number of phenols is 1. The van der Waals surface area contributed by atoms with Crippen LogP contribution in [0.15, 0.2) is 54.6 Å². The number of aromatic nitrogens is 1. The SMILES string of the molecule is CCCCn1c2ccccc2c2c3ccccc3c(O)cc21. The second-order valence-electron chi connectivity index (χ2n) is 5.86. The van der Waals surface area contributed by atoms with Crippen molar-refractivity contribution in [1.82, 2.24) is 4.57 Å². The summed E-state index contributed by atoms with van der Waals surface area (Å²) in [5, 5.41) is 15.0. The molecule has 22 heavy (non-hydrogen) atoms. The maximum absolute atomic E-state index is 10.4. The second kappa shape index (κ2) is 5.06. The molecule has 0 saturated heterocycles. The van der Waals surface area contributed by atoms with Crippen molar-refractivity contribution in [2.24, 2.45) is 0 Å². The molecular formula is C20H19NO. The Morgan fingerprint density at radius 3 is 2.32 bits per heavy atom. The monoisotopic (exact) mass is 289 g/mol. The van der Waals surface area contributed by atoms with E-state index in [1.807, 2.05) is 24.3 Å². The summed E-state index contributed by atoms with van der Waals surface area (Å²) < 4.78 is 2.35. The van der Waals surface area contributed by atoms with Gasteiger partial charge in [-0.3, -0.25) is 0 Å². The van der Waals surface area contributed by atoms with Gasteiger partial charge >= 0.3 is 0 Å². The number of para-hydroxylation sites is 1.